The first-order valence-corrected chi connectivity index (χ1v) is 9.83. The predicted octanol–water partition coefficient (Wildman–Crippen LogP) is 3.38. The Hall–Kier alpha value is -3.34. The Labute approximate surface area is 170 Å². The van der Waals surface area contributed by atoms with Crippen LogP contribution in [0.25, 0.3) is 10.8 Å². The van der Waals surface area contributed by atoms with Crippen LogP contribution in [-0.4, -0.2) is 54.9 Å². The van der Waals surface area contributed by atoms with Crippen LogP contribution in [-0.2, 0) is 11.2 Å². The van der Waals surface area contributed by atoms with Gasteiger partial charge in [-0.3, -0.25) is 9.59 Å². The highest BCUT2D eigenvalue weighted by Gasteiger charge is 2.25. The number of carbonyl (C=O) groups excluding carboxylic acids is 2. The van der Waals surface area contributed by atoms with Gasteiger partial charge in [-0.2, -0.15) is 0 Å². The van der Waals surface area contributed by atoms with E-state index >= 15 is 0 Å². The van der Waals surface area contributed by atoms with E-state index in [2.05, 4.69) is 18.2 Å². The minimum atomic E-state index is -0.00574. The molecule has 0 atom stereocenters. The fraction of sp³-hybridized carbons (Fsp3) is 0.250. The second-order valence-corrected chi connectivity index (χ2v) is 7.22. The molecule has 5 nitrogen and oxygen atoms in total. The van der Waals surface area contributed by atoms with Crippen molar-refractivity contribution in [3.63, 3.8) is 0 Å². The minimum absolute atomic E-state index is 0.00574. The molecule has 1 saturated heterocycles. The zero-order valence-electron chi connectivity index (χ0n) is 16.5. The van der Waals surface area contributed by atoms with Crippen LogP contribution in [0.2, 0.25) is 0 Å². The third-order valence-electron chi connectivity index (χ3n) is 5.48. The Morgan fingerprint density at radius 2 is 1.48 bits per heavy atom. The number of benzene rings is 3. The van der Waals surface area contributed by atoms with Gasteiger partial charge in [-0.05, 0) is 40.6 Å². The molecule has 2 amide bonds. The molecule has 5 heteroatoms. The lowest BCUT2D eigenvalue weighted by Crippen LogP contribution is -2.51. The molecule has 0 aromatic heterocycles. The number of rotatable bonds is 4. The normalized spacial score (nSPS) is 14.1. The lowest BCUT2D eigenvalue weighted by atomic mass is 10.0. The minimum Gasteiger partial charge on any atom is -0.497 e. The van der Waals surface area contributed by atoms with Crippen LogP contribution >= 0.6 is 0 Å². The number of hydrogen-bond donors (Lipinski definition) is 0. The van der Waals surface area contributed by atoms with E-state index in [4.69, 9.17) is 4.74 Å². The van der Waals surface area contributed by atoms with Crippen LogP contribution in [0.4, 0.5) is 0 Å². The summed E-state index contributed by atoms with van der Waals surface area (Å²) in [5.74, 6) is 0.831. The Bertz CT molecular complexity index is 1020. The molecular weight excluding hydrogens is 364 g/mol. The van der Waals surface area contributed by atoms with E-state index < -0.39 is 0 Å². The van der Waals surface area contributed by atoms with Crippen molar-refractivity contribution in [3.05, 3.63) is 77.9 Å². The van der Waals surface area contributed by atoms with Crippen molar-refractivity contribution in [2.45, 2.75) is 6.42 Å². The maximum Gasteiger partial charge on any atom is 0.253 e. The lowest BCUT2D eigenvalue weighted by Gasteiger charge is -2.35. The Kier molecular flexibility index (Phi) is 5.47. The summed E-state index contributed by atoms with van der Waals surface area (Å²) in [5, 5.41) is 2.27. The molecule has 4 rings (SSSR count). The zero-order chi connectivity index (χ0) is 20.2. The molecule has 0 bridgehead atoms. The summed E-state index contributed by atoms with van der Waals surface area (Å²) >= 11 is 0. The highest BCUT2D eigenvalue weighted by molar-refractivity contribution is 5.94. The molecule has 29 heavy (non-hydrogen) atoms. The number of carbonyl (C=O) groups is 2. The summed E-state index contributed by atoms with van der Waals surface area (Å²) in [6, 6.07) is 21.3. The number of piperazine rings is 1. The maximum atomic E-state index is 12.8. The molecule has 0 N–H and O–H groups in total. The first kappa shape index (κ1) is 19.0. The van der Waals surface area contributed by atoms with Crippen LogP contribution in [0.15, 0.2) is 66.7 Å². The van der Waals surface area contributed by atoms with Gasteiger partial charge in [0.2, 0.25) is 5.91 Å². The molecule has 0 spiro atoms. The molecular formula is C24H24N2O3. The molecule has 0 aliphatic carbocycles. The van der Waals surface area contributed by atoms with Crippen molar-refractivity contribution in [3.8, 4) is 5.75 Å². The van der Waals surface area contributed by atoms with Crippen molar-refractivity contribution in [2.75, 3.05) is 33.3 Å². The van der Waals surface area contributed by atoms with Gasteiger partial charge in [-0.25, -0.2) is 0 Å². The first-order chi connectivity index (χ1) is 14.2. The van der Waals surface area contributed by atoms with Crippen molar-refractivity contribution >= 4 is 22.6 Å². The van der Waals surface area contributed by atoms with Gasteiger partial charge >= 0.3 is 0 Å². The third kappa shape index (κ3) is 4.09. The van der Waals surface area contributed by atoms with Crippen LogP contribution < -0.4 is 4.74 Å². The van der Waals surface area contributed by atoms with Gasteiger partial charge in [0, 0.05) is 31.7 Å². The Morgan fingerprint density at radius 1 is 0.828 bits per heavy atom. The average molecular weight is 388 g/mol. The molecule has 0 radical (unpaired) electrons. The second-order valence-electron chi connectivity index (χ2n) is 7.22. The summed E-state index contributed by atoms with van der Waals surface area (Å²) in [6.45, 7) is 2.22. The van der Waals surface area contributed by atoms with Crippen molar-refractivity contribution in [1.29, 1.82) is 0 Å². The van der Waals surface area contributed by atoms with E-state index in [1.54, 1.807) is 31.4 Å². The highest BCUT2D eigenvalue weighted by Crippen LogP contribution is 2.20. The number of amides is 2. The van der Waals surface area contributed by atoms with Gasteiger partial charge in [-0.15, -0.1) is 0 Å². The van der Waals surface area contributed by atoms with E-state index in [0.29, 0.717) is 38.2 Å². The van der Waals surface area contributed by atoms with E-state index in [1.165, 1.54) is 0 Å². The summed E-state index contributed by atoms with van der Waals surface area (Å²) in [4.78, 5) is 29.2. The lowest BCUT2D eigenvalue weighted by molar-refractivity contribution is -0.131. The molecule has 1 heterocycles. The van der Waals surface area contributed by atoms with Crippen molar-refractivity contribution < 1.29 is 14.3 Å². The number of fused-ring (bicyclic) bond motifs is 1. The highest BCUT2D eigenvalue weighted by atomic mass is 16.5. The van der Waals surface area contributed by atoms with E-state index in [1.807, 2.05) is 34.1 Å². The molecule has 3 aromatic carbocycles. The van der Waals surface area contributed by atoms with E-state index in [9.17, 15) is 9.59 Å². The summed E-state index contributed by atoms with van der Waals surface area (Å²) in [7, 11) is 1.60. The van der Waals surface area contributed by atoms with Gasteiger partial charge in [0.1, 0.15) is 5.75 Å². The average Bonchev–Trinajstić information content (AvgIpc) is 2.79. The molecule has 0 unspecified atom stereocenters. The second kappa shape index (κ2) is 8.35. The summed E-state index contributed by atoms with van der Waals surface area (Å²) in [5.41, 5.74) is 1.69. The first-order valence-electron chi connectivity index (χ1n) is 9.83. The van der Waals surface area contributed by atoms with Crippen LogP contribution in [0.1, 0.15) is 15.9 Å². The van der Waals surface area contributed by atoms with Crippen LogP contribution in [0.3, 0.4) is 0 Å². The van der Waals surface area contributed by atoms with Crippen molar-refractivity contribution in [1.82, 2.24) is 9.80 Å². The molecule has 1 fully saturated rings. The van der Waals surface area contributed by atoms with E-state index in [-0.39, 0.29) is 11.8 Å². The van der Waals surface area contributed by atoms with Gasteiger partial charge < -0.3 is 14.5 Å². The number of ether oxygens (including phenoxy) is 1. The monoisotopic (exact) mass is 388 g/mol. The molecule has 0 saturated carbocycles. The third-order valence-corrected chi connectivity index (χ3v) is 5.48. The molecule has 1 aliphatic rings. The fourth-order valence-electron chi connectivity index (χ4n) is 3.80. The topological polar surface area (TPSA) is 49.9 Å². The van der Waals surface area contributed by atoms with Crippen molar-refractivity contribution in [2.24, 2.45) is 0 Å². The van der Waals surface area contributed by atoms with Crippen LogP contribution in [0, 0.1) is 0 Å². The predicted molar refractivity (Wildman–Crippen MR) is 113 cm³/mol. The summed E-state index contributed by atoms with van der Waals surface area (Å²) in [6.07, 6.45) is 0.383. The van der Waals surface area contributed by atoms with Gasteiger partial charge in [-0.1, -0.05) is 42.5 Å². The Balaban J connectivity index is 1.37. The van der Waals surface area contributed by atoms with Gasteiger partial charge in [0.15, 0.2) is 0 Å². The molecule has 3 aromatic rings. The smallest absolute Gasteiger partial charge is 0.253 e. The number of methoxy groups -OCH3 is 1. The largest absolute Gasteiger partial charge is 0.497 e. The van der Waals surface area contributed by atoms with Gasteiger partial charge in [0.25, 0.3) is 5.91 Å². The SMILES string of the molecule is COc1ccc(C(=O)N2CCN(C(=O)Cc3cccc4ccccc34)CC2)cc1. The number of nitrogens with zero attached hydrogens (tertiary/aromatic N) is 2. The Morgan fingerprint density at radius 3 is 2.21 bits per heavy atom. The zero-order valence-corrected chi connectivity index (χ0v) is 16.5. The quantitative estimate of drug-likeness (QED) is 0.689. The van der Waals surface area contributed by atoms with E-state index in [0.717, 1.165) is 22.1 Å². The van der Waals surface area contributed by atoms with Crippen LogP contribution in [0.5, 0.6) is 5.75 Å². The fourth-order valence-corrected chi connectivity index (χ4v) is 3.80. The molecule has 148 valence electrons. The standard InChI is InChI=1S/C24H24N2O3/c1-29-21-11-9-19(10-12-21)24(28)26-15-13-25(14-16-26)23(27)17-20-7-4-6-18-5-2-3-8-22(18)20/h2-12H,13-17H2,1H3. The summed E-state index contributed by atoms with van der Waals surface area (Å²) < 4.78 is 5.14. The van der Waals surface area contributed by atoms with Gasteiger partial charge in [0.05, 0.1) is 13.5 Å². The maximum absolute atomic E-state index is 12.8. The number of hydrogen-bond acceptors (Lipinski definition) is 3. The molecule has 1 aliphatic heterocycles.